The van der Waals surface area contributed by atoms with Crippen LogP contribution in [0, 0.1) is 12.7 Å². The Morgan fingerprint density at radius 2 is 1.92 bits per heavy atom. The van der Waals surface area contributed by atoms with Gasteiger partial charge in [-0.2, -0.15) is 0 Å². The van der Waals surface area contributed by atoms with Crippen molar-refractivity contribution in [1.82, 2.24) is 0 Å². The predicted octanol–water partition coefficient (Wildman–Crippen LogP) is 3.33. The van der Waals surface area contributed by atoms with Gasteiger partial charge in [-0.3, -0.25) is 4.79 Å². The number of nitrogens with one attached hydrogen (secondary N) is 1. The van der Waals surface area contributed by atoms with E-state index >= 15 is 0 Å². The Labute approximate surface area is 139 Å². The number of carbonyl (C=O) groups is 2. The summed E-state index contributed by atoms with van der Waals surface area (Å²) in [5.74, 6) is -1.33. The fourth-order valence-electron chi connectivity index (χ4n) is 2.05. The summed E-state index contributed by atoms with van der Waals surface area (Å²) >= 11 is 0. The zero-order chi connectivity index (χ0) is 17.7. The highest BCUT2D eigenvalue weighted by Crippen LogP contribution is 2.25. The monoisotopic (exact) mass is 331 g/mol. The third-order valence-corrected chi connectivity index (χ3v) is 3.33. The molecule has 24 heavy (non-hydrogen) atoms. The van der Waals surface area contributed by atoms with Crippen LogP contribution in [0.1, 0.15) is 22.8 Å². The highest BCUT2D eigenvalue weighted by atomic mass is 19.1. The quantitative estimate of drug-likeness (QED) is 0.854. The Bertz CT molecular complexity index is 760. The van der Waals surface area contributed by atoms with E-state index in [9.17, 15) is 14.0 Å². The first-order valence-electron chi connectivity index (χ1n) is 7.32. The van der Waals surface area contributed by atoms with Crippen LogP contribution in [-0.4, -0.2) is 25.1 Å². The minimum absolute atomic E-state index is 0.0442. The number of hydrogen-bond donors (Lipinski definition) is 1. The van der Waals surface area contributed by atoms with Crippen LogP contribution in [0.3, 0.4) is 0 Å². The molecular weight excluding hydrogens is 313 g/mol. The van der Waals surface area contributed by atoms with Gasteiger partial charge in [0.1, 0.15) is 11.6 Å². The summed E-state index contributed by atoms with van der Waals surface area (Å²) in [5, 5.41) is 2.66. The van der Waals surface area contributed by atoms with Gasteiger partial charge in [0.2, 0.25) is 0 Å². The molecule has 1 N–H and O–H groups in total. The van der Waals surface area contributed by atoms with Crippen LogP contribution < -0.4 is 10.1 Å². The zero-order valence-corrected chi connectivity index (χ0v) is 13.6. The minimum Gasteiger partial charge on any atom is -0.495 e. The Hall–Kier alpha value is -2.89. The van der Waals surface area contributed by atoms with E-state index in [2.05, 4.69) is 5.32 Å². The molecule has 0 spiro atoms. The number of methoxy groups -OCH3 is 1. The van der Waals surface area contributed by atoms with Crippen molar-refractivity contribution < 1.29 is 23.5 Å². The summed E-state index contributed by atoms with van der Waals surface area (Å²) in [7, 11) is 1.49. The summed E-state index contributed by atoms with van der Waals surface area (Å²) in [6.07, 6.45) is -1.05. The molecule has 0 aliphatic rings. The van der Waals surface area contributed by atoms with Gasteiger partial charge in [-0.05, 0) is 49.7 Å². The lowest BCUT2D eigenvalue weighted by Crippen LogP contribution is -2.30. The third kappa shape index (κ3) is 4.32. The third-order valence-electron chi connectivity index (χ3n) is 3.33. The highest BCUT2D eigenvalue weighted by Gasteiger charge is 2.20. The van der Waals surface area contributed by atoms with Gasteiger partial charge in [0.15, 0.2) is 6.10 Å². The van der Waals surface area contributed by atoms with Crippen molar-refractivity contribution in [2.45, 2.75) is 20.0 Å². The smallest absolute Gasteiger partial charge is 0.339 e. The molecule has 2 rings (SSSR count). The van der Waals surface area contributed by atoms with Crippen LogP contribution in [0.2, 0.25) is 0 Å². The summed E-state index contributed by atoms with van der Waals surface area (Å²) in [5.41, 5.74) is 1.47. The molecule has 0 saturated carbocycles. The van der Waals surface area contributed by atoms with Crippen LogP contribution in [0.4, 0.5) is 10.1 Å². The first kappa shape index (κ1) is 17.5. The number of anilines is 1. The molecule has 1 atom stereocenters. The van der Waals surface area contributed by atoms with E-state index in [0.717, 1.165) is 11.6 Å². The maximum Gasteiger partial charge on any atom is 0.339 e. The molecule has 0 aromatic heterocycles. The second-order valence-corrected chi connectivity index (χ2v) is 5.25. The zero-order valence-electron chi connectivity index (χ0n) is 13.6. The maximum atomic E-state index is 13.1. The Balaban J connectivity index is 2.05. The van der Waals surface area contributed by atoms with Crippen molar-refractivity contribution in [2.75, 3.05) is 12.4 Å². The van der Waals surface area contributed by atoms with E-state index in [1.165, 1.54) is 32.2 Å². The molecule has 0 heterocycles. The van der Waals surface area contributed by atoms with Gasteiger partial charge in [0.05, 0.1) is 18.4 Å². The van der Waals surface area contributed by atoms with E-state index in [4.69, 9.17) is 9.47 Å². The predicted molar refractivity (Wildman–Crippen MR) is 87.6 cm³/mol. The minimum atomic E-state index is -1.05. The SMILES string of the molecule is COc1ccc(C)cc1NC(=O)C(C)OC(=O)c1cccc(F)c1. The van der Waals surface area contributed by atoms with Crippen molar-refractivity contribution in [2.24, 2.45) is 0 Å². The first-order valence-corrected chi connectivity index (χ1v) is 7.32. The second kappa shape index (κ2) is 7.59. The summed E-state index contributed by atoms with van der Waals surface area (Å²) in [4.78, 5) is 24.2. The number of rotatable bonds is 5. The Kier molecular flexibility index (Phi) is 5.52. The number of amides is 1. The van der Waals surface area contributed by atoms with Crippen LogP contribution in [0.15, 0.2) is 42.5 Å². The molecule has 0 aliphatic carbocycles. The topological polar surface area (TPSA) is 64.6 Å². The average molecular weight is 331 g/mol. The summed E-state index contributed by atoms with van der Waals surface area (Å²) in [6.45, 7) is 3.32. The number of benzene rings is 2. The molecule has 126 valence electrons. The summed E-state index contributed by atoms with van der Waals surface area (Å²) in [6, 6.07) is 10.4. The van der Waals surface area contributed by atoms with E-state index in [1.54, 1.807) is 12.1 Å². The molecule has 0 saturated heterocycles. The number of halogens is 1. The number of aryl methyl sites for hydroxylation is 1. The number of esters is 1. The molecule has 6 heteroatoms. The first-order chi connectivity index (χ1) is 11.4. The molecule has 1 unspecified atom stereocenters. The number of hydrogen-bond acceptors (Lipinski definition) is 4. The van der Waals surface area contributed by atoms with E-state index in [1.807, 2.05) is 13.0 Å². The van der Waals surface area contributed by atoms with Crippen molar-refractivity contribution in [3.05, 3.63) is 59.4 Å². The van der Waals surface area contributed by atoms with Crippen molar-refractivity contribution in [3.8, 4) is 5.75 Å². The van der Waals surface area contributed by atoms with Crippen LogP contribution in [-0.2, 0) is 9.53 Å². The Morgan fingerprint density at radius 3 is 2.58 bits per heavy atom. The van der Waals surface area contributed by atoms with Crippen LogP contribution in [0.25, 0.3) is 0 Å². The molecule has 0 radical (unpaired) electrons. The van der Waals surface area contributed by atoms with Gasteiger partial charge >= 0.3 is 5.97 Å². The van der Waals surface area contributed by atoms with Crippen molar-refractivity contribution in [3.63, 3.8) is 0 Å². The Morgan fingerprint density at radius 1 is 1.17 bits per heavy atom. The molecule has 1 amide bonds. The fraction of sp³-hybridized carbons (Fsp3) is 0.222. The highest BCUT2D eigenvalue weighted by molar-refractivity contribution is 5.98. The van der Waals surface area contributed by atoms with Gasteiger partial charge < -0.3 is 14.8 Å². The average Bonchev–Trinajstić information content (AvgIpc) is 2.55. The number of carbonyl (C=O) groups excluding carboxylic acids is 2. The van der Waals surface area contributed by atoms with Gasteiger partial charge in [-0.1, -0.05) is 12.1 Å². The van der Waals surface area contributed by atoms with Gasteiger partial charge in [-0.15, -0.1) is 0 Å². The molecule has 0 fully saturated rings. The van der Waals surface area contributed by atoms with E-state index < -0.39 is 23.8 Å². The fourth-order valence-corrected chi connectivity index (χ4v) is 2.05. The van der Waals surface area contributed by atoms with E-state index in [-0.39, 0.29) is 5.56 Å². The largest absolute Gasteiger partial charge is 0.495 e. The van der Waals surface area contributed by atoms with Crippen molar-refractivity contribution in [1.29, 1.82) is 0 Å². The lowest BCUT2D eigenvalue weighted by Gasteiger charge is -2.15. The second-order valence-electron chi connectivity index (χ2n) is 5.25. The maximum absolute atomic E-state index is 13.1. The lowest BCUT2D eigenvalue weighted by molar-refractivity contribution is -0.123. The molecule has 5 nitrogen and oxygen atoms in total. The number of ether oxygens (including phenoxy) is 2. The molecule has 0 aliphatic heterocycles. The van der Waals surface area contributed by atoms with Crippen LogP contribution >= 0.6 is 0 Å². The lowest BCUT2D eigenvalue weighted by atomic mass is 10.2. The normalized spacial score (nSPS) is 11.5. The van der Waals surface area contributed by atoms with Gasteiger partial charge in [0.25, 0.3) is 5.91 Å². The van der Waals surface area contributed by atoms with Gasteiger partial charge in [0, 0.05) is 0 Å². The molecular formula is C18H18FNO4. The van der Waals surface area contributed by atoms with Crippen LogP contribution in [0.5, 0.6) is 5.75 Å². The summed E-state index contributed by atoms with van der Waals surface area (Å²) < 4.78 is 23.4. The molecule has 2 aromatic carbocycles. The van der Waals surface area contributed by atoms with E-state index in [0.29, 0.717) is 11.4 Å². The van der Waals surface area contributed by atoms with Gasteiger partial charge in [-0.25, -0.2) is 9.18 Å². The molecule has 0 bridgehead atoms. The molecule has 2 aromatic rings. The van der Waals surface area contributed by atoms with Crippen molar-refractivity contribution >= 4 is 17.6 Å². The standard InChI is InChI=1S/C18H18FNO4/c1-11-7-8-16(23-3)15(9-11)20-17(21)12(2)24-18(22)13-5-4-6-14(19)10-13/h4-10,12H,1-3H3,(H,20,21).